The number of hydrogen-bond donors (Lipinski definition) is 1. The molecule has 2 aromatic heterocycles. The molecule has 0 unspecified atom stereocenters. The summed E-state index contributed by atoms with van der Waals surface area (Å²) in [5.41, 5.74) is 2.11. The predicted molar refractivity (Wildman–Crippen MR) is 117 cm³/mol. The van der Waals surface area contributed by atoms with Crippen molar-refractivity contribution >= 4 is 46.7 Å². The fraction of sp³-hybridized carbons (Fsp3) is 0.300. The smallest absolute Gasteiger partial charge is 0.277 e. The van der Waals surface area contributed by atoms with Crippen LogP contribution in [0.25, 0.3) is 11.5 Å². The zero-order valence-electron chi connectivity index (χ0n) is 16.4. The van der Waals surface area contributed by atoms with E-state index in [1.54, 1.807) is 6.92 Å². The van der Waals surface area contributed by atoms with E-state index in [9.17, 15) is 4.79 Å². The van der Waals surface area contributed by atoms with Crippen molar-refractivity contribution in [3.8, 4) is 11.5 Å². The number of aromatic nitrogens is 3. The van der Waals surface area contributed by atoms with Crippen molar-refractivity contribution in [3.63, 3.8) is 0 Å². The summed E-state index contributed by atoms with van der Waals surface area (Å²) in [5, 5.41) is 11.2. The lowest BCUT2D eigenvalue weighted by Gasteiger charge is -2.18. The van der Waals surface area contributed by atoms with Gasteiger partial charge in [0.2, 0.25) is 11.8 Å². The quantitative estimate of drug-likeness (QED) is 0.490. The van der Waals surface area contributed by atoms with Gasteiger partial charge in [0.05, 0.1) is 15.3 Å². The number of halogens is 2. The fourth-order valence-electron chi connectivity index (χ4n) is 2.42. The first kappa shape index (κ1) is 21.6. The van der Waals surface area contributed by atoms with E-state index in [0.717, 1.165) is 17.3 Å². The molecule has 0 fully saturated rings. The highest BCUT2D eigenvalue weighted by Crippen LogP contribution is 2.29. The molecule has 1 atom stereocenters. The molecular weight excluding hydrogens is 431 g/mol. The maximum absolute atomic E-state index is 12.4. The lowest BCUT2D eigenvalue weighted by Crippen LogP contribution is -2.23. The fourth-order valence-corrected chi connectivity index (χ4v) is 3.53. The Morgan fingerprint density at radius 3 is 2.48 bits per heavy atom. The molecule has 0 spiro atoms. The molecule has 1 aromatic carbocycles. The summed E-state index contributed by atoms with van der Waals surface area (Å²) in [6, 6.07) is 9.51. The average molecular weight is 451 g/mol. The van der Waals surface area contributed by atoms with E-state index in [4.69, 9.17) is 27.6 Å². The van der Waals surface area contributed by atoms with Gasteiger partial charge < -0.3 is 9.73 Å². The molecule has 6 nitrogen and oxygen atoms in total. The van der Waals surface area contributed by atoms with E-state index in [-0.39, 0.29) is 22.2 Å². The van der Waals surface area contributed by atoms with Crippen molar-refractivity contribution in [1.29, 1.82) is 0 Å². The Balaban J connectivity index is 1.65. The highest BCUT2D eigenvalue weighted by Gasteiger charge is 2.20. The molecule has 0 aliphatic heterocycles. The standard InChI is InChI=1S/C20H20Cl2N4O2S/c1-11(17(27)24-16-15(22)9-14(21)10-23-16)29-19-26-25-18(28-19)12-5-7-13(8-6-12)20(2,3)4/h5-11H,1-4H3,(H,23,24,27)/t11-/m0/s1. The molecule has 1 amide bonds. The summed E-state index contributed by atoms with van der Waals surface area (Å²) in [5.74, 6) is 0.364. The van der Waals surface area contributed by atoms with Gasteiger partial charge >= 0.3 is 0 Å². The molecule has 0 radical (unpaired) electrons. The minimum Gasteiger partial charge on any atom is -0.411 e. The molecular formula is C20H20Cl2N4O2S. The predicted octanol–water partition coefficient (Wildman–Crippen LogP) is 5.86. The topological polar surface area (TPSA) is 80.9 Å². The number of pyridine rings is 1. The molecule has 29 heavy (non-hydrogen) atoms. The van der Waals surface area contributed by atoms with E-state index in [1.165, 1.54) is 17.8 Å². The summed E-state index contributed by atoms with van der Waals surface area (Å²) in [4.78, 5) is 16.4. The minimum absolute atomic E-state index is 0.0685. The molecule has 0 saturated carbocycles. The number of amides is 1. The molecule has 0 bridgehead atoms. The third-order valence-electron chi connectivity index (χ3n) is 4.10. The molecule has 2 heterocycles. The number of nitrogens with one attached hydrogen (secondary N) is 1. The number of benzene rings is 1. The molecule has 1 N–H and O–H groups in total. The van der Waals surface area contributed by atoms with Crippen LogP contribution in [-0.2, 0) is 10.2 Å². The van der Waals surface area contributed by atoms with Gasteiger partial charge in [-0.3, -0.25) is 4.79 Å². The number of carbonyl (C=O) groups is 1. The molecule has 0 aliphatic rings. The summed E-state index contributed by atoms with van der Waals surface area (Å²) in [6.45, 7) is 8.19. The number of carbonyl (C=O) groups excluding carboxylic acids is 1. The van der Waals surface area contributed by atoms with Crippen molar-refractivity contribution in [2.45, 2.75) is 43.6 Å². The molecule has 0 saturated heterocycles. The zero-order chi connectivity index (χ0) is 21.2. The second kappa shape index (κ2) is 8.73. The summed E-state index contributed by atoms with van der Waals surface area (Å²) < 4.78 is 5.71. The van der Waals surface area contributed by atoms with Crippen LogP contribution < -0.4 is 5.32 Å². The number of rotatable bonds is 5. The van der Waals surface area contributed by atoms with Crippen LogP contribution in [0.3, 0.4) is 0 Å². The molecule has 152 valence electrons. The van der Waals surface area contributed by atoms with Crippen LogP contribution in [0.4, 0.5) is 5.82 Å². The Kier molecular flexibility index (Phi) is 6.51. The highest BCUT2D eigenvalue weighted by molar-refractivity contribution is 8.00. The van der Waals surface area contributed by atoms with Crippen LogP contribution in [0.15, 0.2) is 46.2 Å². The second-order valence-corrected chi connectivity index (χ2v) is 9.57. The number of thioether (sulfide) groups is 1. The number of anilines is 1. The molecule has 3 aromatic rings. The van der Waals surface area contributed by atoms with Gasteiger partial charge in [0.1, 0.15) is 0 Å². The Morgan fingerprint density at radius 1 is 1.17 bits per heavy atom. The minimum atomic E-state index is -0.500. The normalized spacial score (nSPS) is 12.6. The van der Waals surface area contributed by atoms with Gasteiger partial charge in [-0.1, -0.05) is 67.9 Å². The largest absolute Gasteiger partial charge is 0.411 e. The highest BCUT2D eigenvalue weighted by atomic mass is 35.5. The van der Waals surface area contributed by atoms with Crippen molar-refractivity contribution in [1.82, 2.24) is 15.2 Å². The van der Waals surface area contributed by atoms with Crippen molar-refractivity contribution in [2.24, 2.45) is 0 Å². The van der Waals surface area contributed by atoms with Crippen LogP contribution >= 0.6 is 35.0 Å². The SMILES string of the molecule is C[C@H](Sc1nnc(-c2ccc(C(C)(C)C)cc2)o1)C(=O)Nc1ncc(Cl)cc1Cl. The van der Waals surface area contributed by atoms with Crippen LogP contribution in [0.5, 0.6) is 0 Å². The second-order valence-electron chi connectivity index (χ2n) is 7.43. The first-order chi connectivity index (χ1) is 13.6. The third-order valence-corrected chi connectivity index (χ3v) is 5.53. The van der Waals surface area contributed by atoms with Gasteiger partial charge in [0.25, 0.3) is 5.22 Å². The maximum Gasteiger partial charge on any atom is 0.277 e. The summed E-state index contributed by atoms with van der Waals surface area (Å²) >= 11 is 13.0. The summed E-state index contributed by atoms with van der Waals surface area (Å²) in [7, 11) is 0. The van der Waals surface area contributed by atoms with Crippen molar-refractivity contribution in [3.05, 3.63) is 52.1 Å². The maximum atomic E-state index is 12.4. The molecule has 3 rings (SSSR count). The van der Waals surface area contributed by atoms with Gasteiger partial charge in [0.15, 0.2) is 5.82 Å². The van der Waals surface area contributed by atoms with Gasteiger partial charge in [-0.15, -0.1) is 10.2 Å². The van der Waals surface area contributed by atoms with Crippen LogP contribution in [-0.4, -0.2) is 26.3 Å². The van der Waals surface area contributed by atoms with Crippen molar-refractivity contribution in [2.75, 3.05) is 5.32 Å². The van der Waals surface area contributed by atoms with E-state index in [2.05, 4.69) is 41.3 Å². The monoisotopic (exact) mass is 450 g/mol. The molecule has 0 aliphatic carbocycles. The lowest BCUT2D eigenvalue weighted by atomic mass is 9.87. The van der Waals surface area contributed by atoms with Crippen LogP contribution in [0, 0.1) is 0 Å². The van der Waals surface area contributed by atoms with E-state index in [1.807, 2.05) is 24.3 Å². The van der Waals surface area contributed by atoms with Crippen LogP contribution in [0.2, 0.25) is 10.0 Å². The lowest BCUT2D eigenvalue weighted by molar-refractivity contribution is -0.115. The van der Waals surface area contributed by atoms with E-state index < -0.39 is 5.25 Å². The number of hydrogen-bond acceptors (Lipinski definition) is 6. The van der Waals surface area contributed by atoms with Crippen LogP contribution in [0.1, 0.15) is 33.3 Å². The van der Waals surface area contributed by atoms with E-state index >= 15 is 0 Å². The van der Waals surface area contributed by atoms with Gasteiger partial charge in [-0.2, -0.15) is 0 Å². The Morgan fingerprint density at radius 2 is 1.86 bits per heavy atom. The number of nitrogens with zero attached hydrogens (tertiary/aromatic N) is 3. The van der Waals surface area contributed by atoms with Gasteiger partial charge in [0, 0.05) is 11.8 Å². The zero-order valence-corrected chi connectivity index (χ0v) is 18.7. The Hall–Kier alpha value is -2.09. The Labute approximate surface area is 183 Å². The van der Waals surface area contributed by atoms with Crippen molar-refractivity contribution < 1.29 is 9.21 Å². The first-order valence-corrected chi connectivity index (χ1v) is 10.5. The van der Waals surface area contributed by atoms with Gasteiger partial charge in [-0.25, -0.2) is 4.98 Å². The summed E-state index contributed by atoms with van der Waals surface area (Å²) in [6.07, 6.45) is 1.41. The van der Waals surface area contributed by atoms with Gasteiger partial charge in [-0.05, 0) is 36.1 Å². The first-order valence-electron chi connectivity index (χ1n) is 8.86. The Bertz CT molecular complexity index is 1020. The third kappa shape index (κ3) is 5.50. The van der Waals surface area contributed by atoms with E-state index in [0.29, 0.717) is 16.1 Å². The average Bonchev–Trinajstić information content (AvgIpc) is 3.12. The molecule has 9 heteroatoms.